The molecule has 0 radical (unpaired) electrons. The first-order valence-corrected chi connectivity index (χ1v) is 7.13. The summed E-state index contributed by atoms with van der Waals surface area (Å²) in [5, 5.41) is 0. The molecule has 0 nitrogen and oxygen atoms in total. The first-order valence-electron chi connectivity index (χ1n) is 7.13. The van der Waals surface area contributed by atoms with Crippen molar-refractivity contribution in [3.63, 3.8) is 0 Å². The van der Waals surface area contributed by atoms with Crippen LogP contribution in [0.4, 0.5) is 0 Å². The Balaban J connectivity index is 0. The van der Waals surface area contributed by atoms with Gasteiger partial charge < -0.3 is 0 Å². The molecule has 0 heterocycles. The van der Waals surface area contributed by atoms with Crippen LogP contribution in [-0.2, 0) is 0 Å². The van der Waals surface area contributed by atoms with Crippen LogP contribution < -0.4 is 0 Å². The number of hydrogen-bond donors (Lipinski definition) is 0. The van der Waals surface area contributed by atoms with Gasteiger partial charge in [0.05, 0.1) is 0 Å². The fourth-order valence-electron chi connectivity index (χ4n) is 1.53. The van der Waals surface area contributed by atoms with E-state index in [2.05, 4.69) is 50.3 Å². The second-order valence-electron chi connectivity index (χ2n) is 3.25. The van der Waals surface area contributed by atoms with Crippen molar-refractivity contribution >= 4 is 5.57 Å². The predicted octanol–water partition coefficient (Wildman–Crippen LogP) is 6.33. The first kappa shape index (κ1) is 18.3. The molecule has 17 heavy (non-hydrogen) atoms. The Morgan fingerprint density at radius 2 is 1.47 bits per heavy atom. The lowest BCUT2D eigenvalue weighted by Gasteiger charge is -2.05. The molecule has 1 aromatic rings. The average Bonchev–Trinajstić information content (AvgIpc) is 2.44. The molecule has 0 unspecified atom stereocenters. The van der Waals surface area contributed by atoms with E-state index < -0.39 is 0 Å². The van der Waals surface area contributed by atoms with Gasteiger partial charge in [-0.3, -0.25) is 0 Å². The minimum atomic E-state index is 1.13. The molecule has 0 spiro atoms. The van der Waals surface area contributed by atoms with Crippen LogP contribution in [0.2, 0.25) is 0 Å². The largest absolute Gasteiger partial charge is 0.0810 e. The Labute approximate surface area is 109 Å². The van der Waals surface area contributed by atoms with Crippen LogP contribution in [0, 0.1) is 0 Å². The number of hydrogen-bond acceptors (Lipinski definition) is 0. The SMILES string of the molecule is CC.CC.CC/C=C(\CCC)c1ccccc1. The van der Waals surface area contributed by atoms with Crippen LogP contribution >= 0.6 is 0 Å². The van der Waals surface area contributed by atoms with Gasteiger partial charge in [-0.15, -0.1) is 0 Å². The van der Waals surface area contributed by atoms with Crippen molar-refractivity contribution in [2.24, 2.45) is 0 Å². The molecule has 0 N–H and O–H groups in total. The van der Waals surface area contributed by atoms with Crippen LogP contribution in [0.3, 0.4) is 0 Å². The highest BCUT2D eigenvalue weighted by molar-refractivity contribution is 5.65. The highest BCUT2D eigenvalue weighted by Gasteiger charge is 1.97. The zero-order valence-corrected chi connectivity index (χ0v) is 12.6. The highest BCUT2D eigenvalue weighted by atomic mass is 14.0. The van der Waals surface area contributed by atoms with Gasteiger partial charge in [-0.05, 0) is 24.0 Å². The average molecular weight is 234 g/mol. The second-order valence-corrected chi connectivity index (χ2v) is 3.25. The van der Waals surface area contributed by atoms with Crippen molar-refractivity contribution in [1.29, 1.82) is 0 Å². The minimum absolute atomic E-state index is 1.13. The van der Waals surface area contributed by atoms with Crippen LogP contribution in [0.5, 0.6) is 0 Å². The molecule has 0 atom stereocenters. The number of allylic oxidation sites excluding steroid dienone is 2. The van der Waals surface area contributed by atoms with Crippen molar-refractivity contribution in [2.75, 3.05) is 0 Å². The smallest absolute Gasteiger partial charge is 0.0228 e. The summed E-state index contributed by atoms with van der Waals surface area (Å²) < 4.78 is 0. The van der Waals surface area contributed by atoms with Crippen molar-refractivity contribution in [2.45, 2.75) is 60.8 Å². The molecule has 0 aromatic heterocycles. The molecule has 0 bridgehead atoms. The number of benzene rings is 1. The third kappa shape index (κ3) is 8.74. The maximum absolute atomic E-state index is 2.33. The summed E-state index contributed by atoms with van der Waals surface area (Å²) in [6, 6.07) is 10.7. The fourth-order valence-corrected chi connectivity index (χ4v) is 1.53. The van der Waals surface area contributed by atoms with Gasteiger partial charge in [0.1, 0.15) is 0 Å². The quantitative estimate of drug-likeness (QED) is 0.571. The third-order valence-corrected chi connectivity index (χ3v) is 2.11. The predicted molar refractivity (Wildman–Crippen MR) is 82.3 cm³/mol. The van der Waals surface area contributed by atoms with E-state index >= 15 is 0 Å². The molecule has 1 rings (SSSR count). The molecule has 0 aliphatic carbocycles. The van der Waals surface area contributed by atoms with Crippen molar-refractivity contribution in [1.82, 2.24) is 0 Å². The van der Waals surface area contributed by atoms with E-state index in [0.717, 1.165) is 6.42 Å². The Kier molecular flexibility index (Phi) is 16.1. The normalized spacial score (nSPS) is 9.65. The summed E-state index contributed by atoms with van der Waals surface area (Å²) in [4.78, 5) is 0. The van der Waals surface area contributed by atoms with Gasteiger partial charge in [-0.1, -0.05) is 84.4 Å². The lowest BCUT2D eigenvalue weighted by molar-refractivity contribution is 0.967. The van der Waals surface area contributed by atoms with Gasteiger partial charge in [-0.25, -0.2) is 0 Å². The van der Waals surface area contributed by atoms with Crippen LogP contribution in [0.25, 0.3) is 5.57 Å². The third-order valence-electron chi connectivity index (χ3n) is 2.11. The van der Waals surface area contributed by atoms with Crippen LogP contribution in [-0.4, -0.2) is 0 Å². The first-order chi connectivity index (χ1) is 8.38. The molecular weight excluding hydrogens is 204 g/mol. The van der Waals surface area contributed by atoms with E-state index in [1.807, 2.05) is 27.7 Å². The Morgan fingerprint density at radius 3 is 1.88 bits per heavy atom. The maximum Gasteiger partial charge on any atom is -0.0228 e. The van der Waals surface area contributed by atoms with E-state index in [-0.39, 0.29) is 0 Å². The van der Waals surface area contributed by atoms with Gasteiger partial charge >= 0.3 is 0 Å². The zero-order chi connectivity index (χ0) is 13.5. The van der Waals surface area contributed by atoms with Gasteiger partial charge in [0.15, 0.2) is 0 Å². The topological polar surface area (TPSA) is 0 Å². The lowest BCUT2D eigenvalue weighted by atomic mass is 10.0. The van der Waals surface area contributed by atoms with Crippen molar-refractivity contribution in [3.8, 4) is 0 Å². The fraction of sp³-hybridized carbons (Fsp3) is 0.529. The van der Waals surface area contributed by atoms with E-state index in [9.17, 15) is 0 Å². The van der Waals surface area contributed by atoms with Crippen LogP contribution in [0.15, 0.2) is 36.4 Å². The molecule has 1 aromatic carbocycles. The summed E-state index contributed by atoms with van der Waals surface area (Å²) >= 11 is 0. The summed E-state index contributed by atoms with van der Waals surface area (Å²) in [7, 11) is 0. The molecule has 0 aliphatic heterocycles. The Hall–Kier alpha value is -1.04. The molecule has 0 amide bonds. The Bertz CT molecular complexity index is 257. The van der Waals surface area contributed by atoms with Gasteiger partial charge in [0.25, 0.3) is 0 Å². The monoisotopic (exact) mass is 234 g/mol. The maximum atomic E-state index is 2.33. The molecule has 0 saturated heterocycles. The van der Waals surface area contributed by atoms with Crippen molar-refractivity contribution in [3.05, 3.63) is 42.0 Å². The summed E-state index contributed by atoms with van der Waals surface area (Å²) in [5.41, 5.74) is 2.87. The van der Waals surface area contributed by atoms with E-state index in [1.54, 1.807) is 0 Å². The van der Waals surface area contributed by atoms with Crippen LogP contribution in [0.1, 0.15) is 66.4 Å². The van der Waals surface area contributed by atoms with Crippen molar-refractivity contribution < 1.29 is 0 Å². The molecule has 0 heteroatoms. The molecule has 0 saturated carbocycles. The zero-order valence-electron chi connectivity index (χ0n) is 12.6. The minimum Gasteiger partial charge on any atom is -0.0810 e. The summed E-state index contributed by atoms with van der Waals surface area (Å²) in [5.74, 6) is 0. The molecule has 0 fully saturated rings. The molecule has 0 aliphatic rings. The molecule has 98 valence electrons. The molecular formula is C17H30. The number of rotatable bonds is 4. The standard InChI is InChI=1S/C13H18.2C2H6/c1-3-8-12(9-4-2)13-10-6-5-7-11-13;2*1-2/h5-8,10-11H,3-4,9H2,1-2H3;2*1-2H3/b12-8+;;. The highest BCUT2D eigenvalue weighted by Crippen LogP contribution is 2.19. The van der Waals surface area contributed by atoms with E-state index in [1.165, 1.54) is 24.0 Å². The van der Waals surface area contributed by atoms with Gasteiger partial charge in [-0.2, -0.15) is 0 Å². The lowest BCUT2D eigenvalue weighted by Crippen LogP contribution is -1.83. The van der Waals surface area contributed by atoms with Gasteiger partial charge in [0.2, 0.25) is 0 Å². The van der Waals surface area contributed by atoms with Gasteiger partial charge in [0, 0.05) is 0 Å². The second kappa shape index (κ2) is 15.0. The van der Waals surface area contributed by atoms with E-state index in [0.29, 0.717) is 0 Å². The summed E-state index contributed by atoms with van der Waals surface area (Å²) in [6.07, 6.45) is 5.88. The summed E-state index contributed by atoms with van der Waals surface area (Å²) in [6.45, 7) is 12.4. The van der Waals surface area contributed by atoms with E-state index in [4.69, 9.17) is 0 Å². The Morgan fingerprint density at radius 1 is 0.941 bits per heavy atom.